The Balaban J connectivity index is -0.00000148. The molecule has 0 aliphatic heterocycles. The normalized spacial score (nSPS) is 12.2. The Morgan fingerprint density at radius 2 is 0.420 bits per heavy atom. The number of carbonyl (C=O) groups is 4. The van der Waals surface area contributed by atoms with E-state index in [1.165, 1.54) is 205 Å². The third-order valence-electron chi connectivity index (χ3n) is 14.9. The van der Waals surface area contributed by atoms with Gasteiger partial charge >= 0.3 is 61.6 Å². The summed E-state index contributed by atoms with van der Waals surface area (Å²) in [5.41, 5.74) is 0. The Hall–Kier alpha value is -1.04. The minimum absolute atomic E-state index is 0. The van der Waals surface area contributed by atoms with Crippen LogP contribution in [-0.2, 0) is 58.4 Å². The summed E-state index contributed by atoms with van der Waals surface area (Å²) in [7, 11) is -10.0. The number of carbonyl (C=O) groups excluding carboxylic acids is 4. The summed E-state index contributed by atoms with van der Waals surface area (Å²) >= 11 is 0. The van der Waals surface area contributed by atoms with Crippen molar-refractivity contribution in [1.82, 2.24) is 0 Å². The molecule has 17 heteroatoms. The van der Waals surface area contributed by atoms with Gasteiger partial charge in [-0.3, -0.25) is 19.2 Å². The van der Waals surface area contributed by atoms with Gasteiger partial charge in [-0.15, -0.1) is 0 Å². The Labute approximate surface area is 527 Å². The Kier molecular flexibility index (Phi) is 65.9. The Bertz CT molecular complexity index is 1510. The fourth-order valence-corrected chi connectivity index (χ4v) is 11.0. The second-order valence-corrected chi connectivity index (χ2v) is 25.8. The molecule has 2 unspecified atom stereocenters. The zero-order chi connectivity index (χ0) is 59.5. The van der Waals surface area contributed by atoms with E-state index in [1.807, 2.05) is 0 Å². The van der Waals surface area contributed by atoms with Crippen LogP contribution in [0.5, 0.6) is 0 Å². The van der Waals surface area contributed by atoms with Crippen molar-refractivity contribution in [3.63, 3.8) is 0 Å². The van der Waals surface area contributed by atoms with Crippen molar-refractivity contribution >= 4 is 81.9 Å². The molecule has 476 valence electrons. The van der Waals surface area contributed by atoms with Crippen molar-refractivity contribution in [1.29, 1.82) is 0 Å². The first-order valence-electron chi connectivity index (χ1n) is 33.2. The number of hydrogen-bond acceptors (Lipinski definition) is 14. The van der Waals surface area contributed by atoms with Gasteiger partial charge in [-0.1, -0.05) is 310 Å². The van der Waals surface area contributed by atoms with Crippen molar-refractivity contribution in [3.05, 3.63) is 0 Å². The van der Waals surface area contributed by atoms with Crippen LogP contribution in [0.25, 0.3) is 0 Å². The number of hydrogen-bond donors (Lipinski definition) is 0. The molecule has 2 atom stereocenters. The van der Waals surface area contributed by atoms with Crippen LogP contribution in [0.1, 0.15) is 349 Å². The minimum atomic E-state index is -5.01. The molecule has 0 aromatic carbocycles. The molecule has 0 saturated carbocycles. The van der Waals surface area contributed by atoms with E-state index in [9.17, 15) is 45.1 Å². The summed E-state index contributed by atoms with van der Waals surface area (Å²) in [6.45, 7) is 9.34. The summed E-state index contributed by atoms with van der Waals surface area (Å²) in [5, 5.41) is -4.08. The van der Waals surface area contributed by atoms with Gasteiger partial charge < -0.3 is 28.1 Å². The molecule has 0 N–H and O–H groups in total. The van der Waals surface area contributed by atoms with Crippen LogP contribution in [-0.4, -0.2) is 124 Å². The Morgan fingerprint density at radius 1 is 0.272 bits per heavy atom. The van der Waals surface area contributed by atoms with Crippen molar-refractivity contribution in [2.75, 3.05) is 26.4 Å². The van der Waals surface area contributed by atoms with Crippen molar-refractivity contribution in [2.24, 2.45) is 0 Å². The molecule has 0 aromatic heterocycles. The molecule has 0 bridgehead atoms. The maximum Gasteiger partial charge on any atom is 2.00 e. The van der Waals surface area contributed by atoms with E-state index < -0.39 is 67.5 Å². The summed E-state index contributed by atoms with van der Waals surface area (Å²) in [4.78, 5) is 48.5. The van der Waals surface area contributed by atoms with E-state index in [0.29, 0.717) is 25.7 Å². The molecule has 81 heavy (non-hydrogen) atoms. The monoisotopic (exact) mass is 1220 g/mol. The zero-order valence-electron chi connectivity index (χ0n) is 52.6. The number of unbranched alkanes of at least 4 members (excludes halogenated alkanes) is 44. The third-order valence-corrected chi connectivity index (χ3v) is 17.0. The van der Waals surface area contributed by atoms with Gasteiger partial charge in [0.25, 0.3) is 0 Å². The van der Waals surface area contributed by atoms with Gasteiger partial charge in [0.1, 0.15) is 20.2 Å². The van der Waals surface area contributed by atoms with Gasteiger partial charge in [-0.2, -0.15) is 0 Å². The van der Waals surface area contributed by atoms with E-state index in [4.69, 9.17) is 18.9 Å². The van der Waals surface area contributed by atoms with E-state index in [2.05, 4.69) is 27.7 Å². The summed E-state index contributed by atoms with van der Waals surface area (Å²) in [6, 6.07) is 0. The van der Waals surface area contributed by atoms with Crippen LogP contribution >= 0.6 is 0 Å². The maximum atomic E-state index is 12.2. The van der Waals surface area contributed by atoms with Crippen molar-refractivity contribution in [3.8, 4) is 0 Å². The first-order valence-corrected chi connectivity index (χ1v) is 36.1. The van der Waals surface area contributed by atoms with Crippen LogP contribution in [0.3, 0.4) is 0 Å². The number of rotatable bonds is 60. The molecule has 0 spiro atoms. The van der Waals surface area contributed by atoms with Gasteiger partial charge in [0, 0.05) is 0 Å². The smallest absolute Gasteiger partial charge is 0.747 e. The third kappa shape index (κ3) is 61.8. The molecule has 0 aliphatic rings. The maximum absolute atomic E-state index is 12.2. The van der Waals surface area contributed by atoms with E-state index in [-0.39, 0.29) is 64.2 Å². The Morgan fingerprint density at radius 3 is 0.580 bits per heavy atom. The molecular weight excluding hydrogens is 1100 g/mol. The predicted molar refractivity (Wildman–Crippen MR) is 330 cm³/mol. The van der Waals surface area contributed by atoms with Crippen LogP contribution in [0.4, 0.5) is 0 Å². The largest absolute Gasteiger partial charge is 2.00 e. The molecule has 0 rings (SSSR count). The fraction of sp³-hybridized carbons (Fsp3) is 0.938. The number of ether oxygens (including phenoxy) is 4. The van der Waals surface area contributed by atoms with Crippen LogP contribution in [0.15, 0.2) is 0 Å². The number of esters is 4. The zero-order valence-corrected chi connectivity index (χ0v) is 56.4. The predicted octanol–water partition coefficient (Wildman–Crippen LogP) is 17.2. The second kappa shape index (κ2) is 63.5. The molecule has 0 fully saturated rings. The fourth-order valence-electron chi connectivity index (χ4n) is 9.70. The van der Waals surface area contributed by atoms with Gasteiger partial charge in [-0.05, 0) is 25.7 Å². The molecule has 0 saturated heterocycles. The van der Waals surface area contributed by atoms with Gasteiger partial charge in [0.2, 0.25) is 0 Å². The summed E-state index contributed by atoms with van der Waals surface area (Å²) in [6.07, 6.45) is 54.8. The van der Waals surface area contributed by atoms with Crippen LogP contribution in [0.2, 0.25) is 0 Å². The molecule has 0 aliphatic carbocycles. The van der Waals surface area contributed by atoms with Crippen LogP contribution in [0, 0.1) is 0 Å². The molecule has 14 nitrogen and oxygen atoms in total. The first-order chi connectivity index (χ1) is 38.6. The average molecular weight is 1220 g/mol. The van der Waals surface area contributed by atoms with Crippen molar-refractivity contribution < 1.29 is 64.1 Å². The standard InChI is InChI=1S/2C32H62O7S.Ca/c2*1-3-5-7-9-11-13-15-17-19-21-23-25-27-38-31(33)29-30(40(35,36)37)32(34)39-28-26-24-22-20-18-16-14-12-10-8-6-4-2;/h2*30H,3-29H2,1-2H3,(H,35,36,37);/q;;+2/p-2. The molecule has 0 heterocycles. The van der Waals surface area contributed by atoms with Gasteiger partial charge in [-0.25, -0.2) is 16.8 Å². The van der Waals surface area contributed by atoms with Crippen LogP contribution < -0.4 is 0 Å². The van der Waals surface area contributed by atoms with Gasteiger partial charge in [0.15, 0.2) is 10.5 Å². The minimum Gasteiger partial charge on any atom is -0.747 e. The summed E-state index contributed by atoms with van der Waals surface area (Å²) < 4.78 is 89.6. The molecule has 0 radical (unpaired) electrons. The SMILES string of the molecule is CCCCCCCCCCCCCCOC(=O)CC(C(=O)OCCCCCCCCCCCCCC)S(=O)(=O)[O-].CCCCCCCCCCCCCCOC(=O)CC(C(=O)OCCCCCCCCCCCCCC)S(=O)(=O)[O-].[Ca+2]. The van der Waals surface area contributed by atoms with E-state index in [0.717, 1.165) is 77.0 Å². The average Bonchev–Trinajstić information content (AvgIpc) is 3.41. The topological polar surface area (TPSA) is 220 Å². The van der Waals surface area contributed by atoms with Crippen molar-refractivity contribution in [2.45, 2.75) is 359 Å². The molecular formula is C64H122CaO14S2. The molecule has 0 amide bonds. The first kappa shape index (κ1) is 84.2. The molecule has 0 aromatic rings. The second-order valence-electron chi connectivity index (χ2n) is 22.7. The van der Waals surface area contributed by atoms with Gasteiger partial charge in [0.05, 0.1) is 39.3 Å². The quantitative estimate of drug-likeness (QED) is 0.0182. The van der Waals surface area contributed by atoms with E-state index in [1.54, 1.807) is 0 Å². The summed E-state index contributed by atoms with van der Waals surface area (Å²) in [5.74, 6) is -4.01. The van der Waals surface area contributed by atoms with E-state index >= 15 is 0 Å².